The summed E-state index contributed by atoms with van der Waals surface area (Å²) in [6.07, 6.45) is 4.97. The van der Waals surface area contributed by atoms with Gasteiger partial charge in [-0.15, -0.1) is 0 Å². The summed E-state index contributed by atoms with van der Waals surface area (Å²) in [5, 5.41) is 0. The maximum atomic E-state index is 13.0. The maximum Gasteiger partial charge on any atom is 0.274 e. The molecule has 4 nitrogen and oxygen atoms in total. The Bertz CT molecular complexity index is 828. The Kier molecular flexibility index (Phi) is 3.80. The molecule has 2 heterocycles. The molecule has 0 saturated heterocycles. The second-order valence-electron chi connectivity index (χ2n) is 6.48. The summed E-state index contributed by atoms with van der Waals surface area (Å²) >= 11 is 0. The Hall–Kier alpha value is -3.01. The molecule has 0 radical (unpaired) electrons. The summed E-state index contributed by atoms with van der Waals surface area (Å²) in [5.74, 6) is -0.0617. The predicted octanol–water partition coefficient (Wildman–Crippen LogP) is 2.94. The molecular weight excluding hydrogens is 312 g/mol. The molecule has 0 saturated carbocycles. The number of aliphatic imine (C=N–C) groups is 1. The number of fused-ring (bicyclic) bond motifs is 1. The van der Waals surface area contributed by atoms with Gasteiger partial charge in [-0.25, -0.2) is 0 Å². The molecule has 4 heteroatoms. The molecule has 2 aliphatic rings. The van der Waals surface area contributed by atoms with Crippen molar-refractivity contribution < 1.29 is 9.59 Å². The molecule has 1 amide bonds. The zero-order valence-corrected chi connectivity index (χ0v) is 13.8. The number of hydrogen-bond donors (Lipinski definition) is 0. The zero-order valence-electron chi connectivity index (χ0n) is 13.8. The first-order valence-corrected chi connectivity index (χ1v) is 8.39. The number of nitrogens with zero attached hydrogens (tertiary/aromatic N) is 2. The van der Waals surface area contributed by atoms with E-state index in [0.717, 1.165) is 11.1 Å². The first-order chi connectivity index (χ1) is 12.2. The Labute approximate surface area is 146 Å². The van der Waals surface area contributed by atoms with Gasteiger partial charge in [0.25, 0.3) is 5.91 Å². The third-order valence-corrected chi connectivity index (χ3v) is 4.78. The normalized spacial score (nSPS) is 18.2. The molecule has 2 aromatic carbocycles. The lowest BCUT2D eigenvalue weighted by atomic mass is 9.82. The number of allylic oxidation sites excluding steroid dienone is 1. The smallest absolute Gasteiger partial charge is 0.274 e. The van der Waals surface area contributed by atoms with Crippen molar-refractivity contribution in [3.63, 3.8) is 0 Å². The van der Waals surface area contributed by atoms with Crippen LogP contribution in [0, 0.1) is 0 Å². The molecule has 4 rings (SSSR count). The van der Waals surface area contributed by atoms with E-state index in [1.165, 1.54) is 0 Å². The number of ketones is 1. The first kappa shape index (κ1) is 15.5. The number of carbonyl (C=O) groups excluding carboxylic acids is 2. The molecule has 2 aromatic rings. The molecule has 25 heavy (non-hydrogen) atoms. The molecule has 2 aliphatic heterocycles. The van der Waals surface area contributed by atoms with Crippen LogP contribution in [0.4, 0.5) is 0 Å². The predicted molar refractivity (Wildman–Crippen MR) is 96.1 cm³/mol. The average molecular weight is 330 g/mol. The minimum Gasteiger partial charge on any atom is -0.314 e. The standard InChI is InChI=1S/C21H18N2O2/c24-18-12-7-13-23-19(18)22-20(25)21(23,14-16-8-3-1-4-9-16)15-17-10-5-2-6-11-17/h1-11,13H,12,14-15H2. The highest BCUT2D eigenvalue weighted by molar-refractivity contribution is 6.43. The van der Waals surface area contributed by atoms with Crippen LogP contribution in [0.5, 0.6) is 0 Å². The van der Waals surface area contributed by atoms with E-state index in [4.69, 9.17) is 0 Å². The van der Waals surface area contributed by atoms with Gasteiger partial charge in [-0.1, -0.05) is 66.7 Å². The Morgan fingerprint density at radius 1 is 0.880 bits per heavy atom. The van der Waals surface area contributed by atoms with E-state index < -0.39 is 5.54 Å². The second kappa shape index (κ2) is 6.13. The van der Waals surface area contributed by atoms with Gasteiger partial charge in [0, 0.05) is 25.5 Å². The minimum atomic E-state index is -0.884. The highest BCUT2D eigenvalue weighted by atomic mass is 16.2. The van der Waals surface area contributed by atoms with Gasteiger partial charge in [0.15, 0.2) is 5.84 Å². The summed E-state index contributed by atoms with van der Waals surface area (Å²) in [6, 6.07) is 19.8. The van der Waals surface area contributed by atoms with Gasteiger partial charge in [0.05, 0.1) is 0 Å². The third kappa shape index (κ3) is 2.70. The molecule has 0 aromatic heterocycles. The van der Waals surface area contributed by atoms with E-state index in [9.17, 15) is 9.59 Å². The SMILES string of the molecule is O=C1CC=CN2C1=NC(=O)C2(Cc1ccccc1)Cc1ccccc1. The number of hydrogen-bond acceptors (Lipinski definition) is 3. The van der Waals surface area contributed by atoms with Crippen LogP contribution in [-0.2, 0) is 22.4 Å². The highest BCUT2D eigenvalue weighted by Gasteiger charge is 2.51. The van der Waals surface area contributed by atoms with Crippen molar-refractivity contribution in [2.75, 3.05) is 0 Å². The van der Waals surface area contributed by atoms with Crippen LogP contribution >= 0.6 is 0 Å². The largest absolute Gasteiger partial charge is 0.314 e. The summed E-state index contributed by atoms with van der Waals surface area (Å²) in [5.41, 5.74) is 1.22. The van der Waals surface area contributed by atoms with Gasteiger partial charge < -0.3 is 4.90 Å². The van der Waals surface area contributed by atoms with Crippen molar-refractivity contribution in [3.8, 4) is 0 Å². The summed E-state index contributed by atoms with van der Waals surface area (Å²) < 4.78 is 0. The monoisotopic (exact) mass is 330 g/mol. The Morgan fingerprint density at radius 2 is 1.44 bits per heavy atom. The number of amidine groups is 1. The number of amides is 1. The van der Waals surface area contributed by atoms with Gasteiger partial charge in [-0.3, -0.25) is 9.59 Å². The highest BCUT2D eigenvalue weighted by Crippen LogP contribution is 2.34. The van der Waals surface area contributed by atoms with Crippen LogP contribution < -0.4 is 0 Å². The van der Waals surface area contributed by atoms with E-state index in [1.807, 2.05) is 72.9 Å². The number of rotatable bonds is 4. The van der Waals surface area contributed by atoms with Gasteiger partial charge >= 0.3 is 0 Å². The van der Waals surface area contributed by atoms with Crippen molar-refractivity contribution in [3.05, 3.63) is 84.1 Å². The topological polar surface area (TPSA) is 49.7 Å². The molecule has 0 aliphatic carbocycles. The van der Waals surface area contributed by atoms with Crippen LogP contribution in [0.2, 0.25) is 0 Å². The fraction of sp³-hybridized carbons (Fsp3) is 0.190. The van der Waals surface area contributed by atoms with Gasteiger partial charge in [0.1, 0.15) is 5.54 Å². The van der Waals surface area contributed by atoms with Crippen molar-refractivity contribution in [1.82, 2.24) is 4.90 Å². The molecular formula is C21H18N2O2. The van der Waals surface area contributed by atoms with E-state index in [0.29, 0.717) is 19.3 Å². The van der Waals surface area contributed by atoms with E-state index in [1.54, 1.807) is 4.90 Å². The average Bonchev–Trinajstić information content (AvgIpc) is 2.90. The van der Waals surface area contributed by atoms with Crippen LogP contribution in [0.3, 0.4) is 0 Å². The van der Waals surface area contributed by atoms with Gasteiger partial charge in [-0.2, -0.15) is 4.99 Å². The third-order valence-electron chi connectivity index (χ3n) is 4.78. The number of benzene rings is 2. The van der Waals surface area contributed by atoms with E-state index in [-0.39, 0.29) is 17.5 Å². The molecule has 0 unspecified atom stereocenters. The van der Waals surface area contributed by atoms with Gasteiger partial charge in [-0.05, 0) is 11.1 Å². The fourth-order valence-electron chi connectivity index (χ4n) is 3.58. The van der Waals surface area contributed by atoms with E-state index in [2.05, 4.69) is 4.99 Å². The van der Waals surface area contributed by atoms with E-state index >= 15 is 0 Å². The van der Waals surface area contributed by atoms with Crippen LogP contribution in [0.1, 0.15) is 17.5 Å². The maximum absolute atomic E-state index is 13.0. The minimum absolute atomic E-state index is 0.0983. The molecule has 124 valence electrons. The van der Waals surface area contributed by atoms with Crippen molar-refractivity contribution in [2.24, 2.45) is 4.99 Å². The quantitative estimate of drug-likeness (QED) is 0.866. The Morgan fingerprint density at radius 3 is 2.00 bits per heavy atom. The van der Waals surface area contributed by atoms with Crippen LogP contribution in [-0.4, -0.2) is 28.0 Å². The lowest BCUT2D eigenvalue weighted by Crippen LogP contribution is -2.54. The molecule has 0 bridgehead atoms. The first-order valence-electron chi connectivity index (χ1n) is 8.39. The van der Waals surface area contributed by atoms with Gasteiger partial charge in [0.2, 0.25) is 5.78 Å². The molecule has 0 N–H and O–H groups in total. The number of carbonyl (C=O) groups is 2. The molecule has 0 fully saturated rings. The summed E-state index contributed by atoms with van der Waals surface area (Å²) in [6.45, 7) is 0. The van der Waals surface area contributed by atoms with Crippen LogP contribution in [0.15, 0.2) is 77.9 Å². The molecule has 0 spiro atoms. The lowest BCUT2D eigenvalue weighted by Gasteiger charge is -2.37. The van der Waals surface area contributed by atoms with Crippen molar-refractivity contribution in [2.45, 2.75) is 24.8 Å². The number of Topliss-reactive ketones (excluding diaryl/α,β-unsaturated/α-hetero) is 1. The summed E-state index contributed by atoms with van der Waals surface area (Å²) in [7, 11) is 0. The van der Waals surface area contributed by atoms with Crippen molar-refractivity contribution >= 4 is 17.5 Å². The van der Waals surface area contributed by atoms with Crippen LogP contribution in [0.25, 0.3) is 0 Å². The zero-order chi connectivity index (χ0) is 17.3. The Balaban J connectivity index is 1.79. The fourth-order valence-corrected chi connectivity index (χ4v) is 3.58. The second-order valence-corrected chi connectivity index (χ2v) is 6.48. The summed E-state index contributed by atoms with van der Waals surface area (Å²) in [4.78, 5) is 31.2. The van der Waals surface area contributed by atoms with Crippen molar-refractivity contribution in [1.29, 1.82) is 0 Å². The molecule has 0 atom stereocenters. The lowest BCUT2D eigenvalue weighted by molar-refractivity contribution is -0.124.